The van der Waals surface area contributed by atoms with Crippen LogP contribution in [0.4, 0.5) is 0 Å². The van der Waals surface area contributed by atoms with Gasteiger partial charge in [-0.05, 0) is 0 Å². The first-order chi connectivity index (χ1) is 5.00. The normalized spacial score (nSPS) is 10.0. The minimum absolute atomic E-state index is 0. The van der Waals surface area contributed by atoms with Gasteiger partial charge in [-0.3, -0.25) is 0 Å². The zero-order chi connectivity index (χ0) is 9.02. The van der Waals surface area contributed by atoms with Gasteiger partial charge in [-0.25, -0.2) is 0 Å². The van der Waals surface area contributed by atoms with Crippen molar-refractivity contribution in [2.75, 3.05) is 0 Å². The fraction of sp³-hybridized carbons (Fsp3) is 0.875. The summed E-state index contributed by atoms with van der Waals surface area (Å²) in [6, 6.07) is 0.683. The van der Waals surface area contributed by atoms with Crippen molar-refractivity contribution in [1.82, 2.24) is 4.90 Å². The Kier molecular flexibility index (Phi) is 8.82. The van der Waals surface area contributed by atoms with Crippen LogP contribution < -0.4 is 17.0 Å². The van der Waals surface area contributed by atoms with Crippen molar-refractivity contribution in [3.05, 3.63) is 0 Å². The molecular weight excluding hydrogens is 271 g/mol. The Bertz CT molecular complexity index is 131. The fourth-order valence-corrected chi connectivity index (χ4v) is 1.84. The summed E-state index contributed by atoms with van der Waals surface area (Å²) in [4.78, 5) is 13.3. The van der Waals surface area contributed by atoms with Crippen molar-refractivity contribution in [2.24, 2.45) is 0 Å². The van der Waals surface area contributed by atoms with Gasteiger partial charge in [-0.2, -0.15) is 0 Å². The number of carbonyl (C=O) groups is 1. The second-order valence-electron chi connectivity index (χ2n) is 3.24. The van der Waals surface area contributed by atoms with E-state index in [-0.39, 0.29) is 17.0 Å². The molecular formula is C8H16BrNOZn. The molecule has 0 N–H and O–H groups in total. The van der Waals surface area contributed by atoms with Gasteiger partial charge in [0.05, 0.1) is 0 Å². The van der Waals surface area contributed by atoms with E-state index in [0.29, 0.717) is 18.0 Å². The van der Waals surface area contributed by atoms with E-state index < -0.39 is 0 Å². The van der Waals surface area contributed by atoms with Crippen LogP contribution in [0.15, 0.2) is 0 Å². The van der Waals surface area contributed by atoms with E-state index in [2.05, 4.69) is 27.7 Å². The standard InChI is InChI=1S/C8H16NO.BrH.Zn/c1-6(2)9(7(3)4)8(5)10;;/h6-7H,5H2,1-4H3;1H;/q;;+1/p-1. The number of rotatable bonds is 3. The van der Waals surface area contributed by atoms with Gasteiger partial charge in [0.2, 0.25) is 0 Å². The van der Waals surface area contributed by atoms with E-state index in [9.17, 15) is 4.79 Å². The molecule has 0 fully saturated rings. The number of amides is 1. The first-order valence-corrected chi connectivity index (χ1v) is 6.21. The van der Waals surface area contributed by atoms with Crippen molar-refractivity contribution in [1.29, 1.82) is 0 Å². The van der Waals surface area contributed by atoms with E-state index in [1.807, 2.05) is 4.90 Å². The number of carbonyl (C=O) groups excluding carboxylic acids is 1. The van der Waals surface area contributed by atoms with E-state index in [0.717, 1.165) is 23.3 Å². The largest absolute Gasteiger partial charge is 1.00 e. The van der Waals surface area contributed by atoms with E-state index >= 15 is 0 Å². The Morgan fingerprint density at radius 3 is 1.67 bits per heavy atom. The van der Waals surface area contributed by atoms with Crippen LogP contribution in [0.1, 0.15) is 27.7 Å². The molecule has 0 radical (unpaired) electrons. The maximum Gasteiger partial charge on any atom is -1.00 e. The summed E-state index contributed by atoms with van der Waals surface area (Å²) in [5.74, 6) is 0.301. The topological polar surface area (TPSA) is 20.3 Å². The predicted molar refractivity (Wildman–Crippen MR) is 41.9 cm³/mol. The molecule has 0 aliphatic rings. The second kappa shape index (κ2) is 7.02. The van der Waals surface area contributed by atoms with Crippen LogP contribution in [-0.2, 0) is 23.1 Å². The summed E-state index contributed by atoms with van der Waals surface area (Å²) < 4.78 is 0. The molecule has 1 amide bonds. The van der Waals surface area contributed by atoms with Crippen LogP contribution in [-0.4, -0.2) is 22.9 Å². The third-order valence-corrected chi connectivity index (χ3v) is 2.51. The van der Waals surface area contributed by atoms with Crippen molar-refractivity contribution in [3.63, 3.8) is 0 Å². The predicted octanol–water partition coefficient (Wildman–Crippen LogP) is -1.40. The monoisotopic (exact) mass is 285 g/mol. The fourth-order valence-electron chi connectivity index (χ4n) is 1.30. The van der Waals surface area contributed by atoms with Gasteiger partial charge in [0.15, 0.2) is 0 Å². The van der Waals surface area contributed by atoms with Crippen molar-refractivity contribution < 1.29 is 40.1 Å². The number of halogens is 1. The first kappa shape index (κ1) is 15.1. The second-order valence-corrected chi connectivity index (χ2v) is 4.29. The average molecular weight is 288 g/mol. The third kappa shape index (κ3) is 4.56. The van der Waals surface area contributed by atoms with Gasteiger partial charge >= 0.3 is 78.7 Å². The van der Waals surface area contributed by atoms with Crippen LogP contribution in [0, 0.1) is 0 Å². The van der Waals surface area contributed by atoms with Crippen molar-refractivity contribution >= 4 is 5.91 Å². The van der Waals surface area contributed by atoms with Gasteiger partial charge in [0, 0.05) is 0 Å². The summed E-state index contributed by atoms with van der Waals surface area (Å²) in [6.45, 7) is 8.25. The van der Waals surface area contributed by atoms with E-state index in [1.165, 1.54) is 0 Å². The molecule has 0 aliphatic carbocycles. The quantitative estimate of drug-likeness (QED) is 0.585. The molecule has 4 heteroatoms. The van der Waals surface area contributed by atoms with Gasteiger partial charge in [0.25, 0.3) is 0 Å². The maximum absolute atomic E-state index is 11.4. The molecule has 0 heterocycles. The van der Waals surface area contributed by atoms with Crippen molar-refractivity contribution in [3.8, 4) is 0 Å². The van der Waals surface area contributed by atoms with Crippen LogP contribution in [0.5, 0.6) is 0 Å². The molecule has 0 bridgehead atoms. The Labute approximate surface area is 95.5 Å². The summed E-state index contributed by atoms with van der Waals surface area (Å²) >= 11 is 1.06. The summed E-state index contributed by atoms with van der Waals surface area (Å²) in [5, 5.41) is 0.732. The van der Waals surface area contributed by atoms with Gasteiger partial charge in [-0.1, -0.05) is 0 Å². The van der Waals surface area contributed by atoms with Crippen LogP contribution in [0.3, 0.4) is 0 Å². The van der Waals surface area contributed by atoms with Gasteiger partial charge < -0.3 is 17.0 Å². The molecule has 0 aliphatic heterocycles. The Hall–Kier alpha value is 0.573. The molecule has 0 atom stereocenters. The zero-order valence-corrected chi connectivity index (χ0v) is 12.9. The molecule has 0 saturated carbocycles. The number of nitrogens with zero attached hydrogens (tertiary/aromatic N) is 1. The van der Waals surface area contributed by atoms with Crippen LogP contribution in [0.2, 0.25) is 5.02 Å². The minimum Gasteiger partial charge on any atom is -1.00 e. The molecule has 0 rings (SSSR count). The van der Waals surface area contributed by atoms with Crippen LogP contribution in [0.25, 0.3) is 0 Å². The van der Waals surface area contributed by atoms with Gasteiger partial charge in [-0.15, -0.1) is 0 Å². The molecule has 2 nitrogen and oxygen atoms in total. The molecule has 0 aromatic heterocycles. The summed E-state index contributed by atoms with van der Waals surface area (Å²) in [7, 11) is 0. The molecule has 68 valence electrons. The first-order valence-electron chi connectivity index (χ1n) is 4.11. The SMILES string of the molecule is CC(C)N(C(=O)[CH2][Zn+])C(C)C.[Br-]. The zero-order valence-electron chi connectivity index (χ0n) is 8.30. The Balaban J connectivity index is 0. The Morgan fingerprint density at radius 1 is 1.25 bits per heavy atom. The minimum atomic E-state index is 0. The van der Waals surface area contributed by atoms with E-state index in [4.69, 9.17) is 0 Å². The molecule has 0 aromatic rings. The van der Waals surface area contributed by atoms with E-state index in [1.54, 1.807) is 0 Å². The summed E-state index contributed by atoms with van der Waals surface area (Å²) in [6.07, 6.45) is 0. The molecule has 0 unspecified atom stereocenters. The smallest absolute Gasteiger partial charge is 1.00 e. The number of hydrogen-bond donors (Lipinski definition) is 0. The molecule has 0 spiro atoms. The van der Waals surface area contributed by atoms with Crippen molar-refractivity contribution in [2.45, 2.75) is 44.8 Å². The molecule has 0 aromatic carbocycles. The van der Waals surface area contributed by atoms with Crippen LogP contribution >= 0.6 is 0 Å². The third-order valence-electron chi connectivity index (χ3n) is 1.61. The Morgan fingerprint density at radius 2 is 1.58 bits per heavy atom. The summed E-state index contributed by atoms with van der Waals surface area (Å²) in [5.41, 5.74) is 0. The van der Waals surface area contributed by atoms with Gasteiger partial charge in [0.1, 0.15) is 0 Å². The average Bonchev–Trinajstić information content (AvgIpc) is 1.85. The maximum atomic E-state index is 11.4. The molecule has 0 saturated heterocycles. The number of hydrogen-bond acceptors (Lipinski definition) is 1. The molecule has 12 heavy (non-hydrogen) atoms.